The first-order chi connectivity index (χ1) is 9.45. The van der Waals surface area contributed by atoms with Crippen LogP contribution in [0.5, 0.6) is 0 Å². The van der Waals surface area contributed by atoms with Gasteiger partial charge in [0, 0.05) is 5.56 Å². The van der Waals surface area contributed by atoms with Gasteiger partial charge in [0.05, 0.1) is 5.56 Å². The summed E-state index contributed by atoms with van der Waals surface area (Å²) in [4.78, 5) is 0. The van der Waals surface area contributed by atoms with Crippen LogP contribution >= 0.6 is 11.3 Å². The first-order valence-electron chi connectivity index (χ1n) is 5.69. The van der Waals surface area contributed by atoms with Crippen molar-refractivity contribution in [3.8, 4) is 0 Å². The molecular formula is C14H11F3OS2. The Labute approximate surface area is 121 Å². The summed E-state index contributed by atoms with van der Waals surface area (Å²) in [6, 6.07) is 6.64. The number of hydrogen-bond acceptors (Lipinski definition) is 2. The van der Waals surface area contributed by atoms with Gasteiger partial charge in [-0.3, -0.25) is 0 Å². The van der Waals surface area contributed by atoms with Gasteiger partial charge in [-0.25, -0.2) is 0 Å². The third-order valence-electron chi connectivity index (χ3n) is 2.55. The summed E-state index contributed by atoms with van der Waals surface area (Å²) < 4.78 is 49.0. The molecule has 0 aliphatic rings. The molecule has 0 fully saturated rings. The molecule has 1 nitrogen and oxygen atoms in total. The third kappa shape index (κ3) is 4.40. The predicted molar refractivity (Wildman–Crippen MR) is 76.6 cm³/mol. The molecule has 0 spiro atoms. The quantitative estimate of drug-likeness (QED) is 0.751. The normalized spacial score (nSPS) is 13.8. The van der Waals surface area contributed by atoms with E-state index in [9.17, 15) is 17.7 Å². The number of thiophene rings is 1. The van der Waals surface area contributed by atoms with Crippen LogP contribution in [-0.4, -0.2) is 4.55 Å². The van der Waals surface area contributed by atoms with E-state index in [1.54, 1.807) is 22.8 Å². The molecule has 0 aliphatic heterocycles. The van der Waals surface area contributed by atoms with Crippen molar-refractivity contribution in [3.63, 3.8) is 0 Å². The third-order valence-corrected chi connectivity index (χ3v) is 4.30. The molecule has 0 aliphatic carbocycles. The number of rotatable bonds is 4. The van der Waals surface area contributed by atoms with E-state index in [4.69, 9.17) is 0 Å². The maximum absolute atomic E-state index is 12.4. The van der Waals surface area contributed by atoms with Gasteiger partial charge in [-0.1, -0.05) is 12.1 Å². The topological polar surface area (TPSA) is 23.1 Å². The second-order valence-corrected chi connectivity index (χ2v) is 6.18. The molecular weight excluding hydrogens is 305 g/mol. The maximum atomic E-state index is 12.4. The van der Waals surface area contributed by atoms with Crippen molar-refractivity contribution in [1.29, 1.82) is 0 Å². The largest absolute Gasteiger partial charge is 0.612 e. The van der Waals surface area contributed by atoms with Crippen molar-refractivity contribution in [2.24, 2.45) is 0 Å². The van der Waals surface area contributed by atoms with E-state index >= 15 is 0 Å². The number of benzene rings is 1. The molecule has 20 heavy (non-hydrogen) atoms. The molecule has 0 saturated heterocycles. The summed E-state index contributed by atoms with van der Waals surface area (Å²) in [5, 5.41) is 5.39. The Morgan fingerprint density at radius 1 is 1.15 bits per heavy atom. The average molecular weight is 316 g/mol. The van der Waals surface area contributed by atoms with Crippen molar-refractivity contribution in [3.05, 3.63) is 63.2 Å². The van der Waals surface area contributed by atoms with Crippen LogP contribution in [0.1, 0.15) is 16.7 Å². The lowest BCUT2D eigenvalue weighted by atomic mass is 10.1. The highest BCUT2D eigenvalue weighted by Crippen LogP contribution is 2.29. The Balaban J connectivity index is 1.96. The Morgan fingerprint density at radius 3 is 2.40 bits per heavy atom. The standard InChI is InChI=1S/C14H11F3OS2/c15-14(16,17)13-3-1-12(2-4-13)10-20(18)8-6-11-5-7-19-9-11/h1-9H,10H2/b8-6+. The summed E-state index contributed by atoms with van der Waals surface area (Å²) in [5.74, 6) is 0.207. The monoisotopic (exact) mass is 316 g/mol. The highest BCUT2D eigenvalue weighted by molar-refractivity contribution is 7.93. The van der Waals surface area contributed by atoms with Crippen LogP contribution in [0.15, 0.2) is 46.5 Å². The number of alkyl halides is 3. The average Bonchev–Trinajstić information content (AvgIpc) is 2.89. The van der Waals surface area contributed by atoms with Crippen molar-refractivity contribution in [2.75, 3.05) is 0 Å². The summed E-state index contributed by atoms with van der Waals surface area (Å²) >= 11 is 0.302. The first-order valence-corrected chi connectivity index (χ1v) is 8.01. The zero-order chi connectivity index (χ0) is 14.6. The second-order valence-electron chi connectivity index (χ2n) is 4.08. The lowest BCUT2D eigenvalue weighted by Gasteiger charge is -2.08. The van der Waals surface area contributed by atoms with Crippen LogP contribution in [0.2, 0.25) is 0 Å². The molecule has 0 radical (unpaired) electrons. The van der Waals surface area contributed by atoms with Crippen LogP contribution in [0.3, 0.4) is 0 Å². The van der Waals surface area contributed by atoms with Crippen LogP contribution in [0.25, 0.3) is 6.08 Å². The van der Waals surface area contributed by atoms with Crippen molar-refractivity contribution < 1.29 is 17.7 Å². The molecule has 0 bridgehead atoms. The van der Waals surface area contributed by atoms with E-state index in [1.807, 2.05) is 16.8 Å². The Bertz CT molecular complexity index is 559. The van der Waals surface area contributed by atoms with Crippen molar-refractivity contribution in [1.82, 2.24) is 0 Å². The minimum atomic E-state index is -4.34. The van der Waals surface area contributed by atoms with Crippen molar-refractivity contribution >= 4 is 28.6 Å². The summed E-state index contributed by atoms with van der Waals surface area (Å²) in [6.45, 7) is 0. The minimum absolute atomic E-state index is 0.207. The fraction of sp³-hybridized carbons (Fsp3) is 0.143. The van der Waals surface area contributed by atoms with Crippen LogP contribution < -0.4 is 0 Å². The van der Waals surface area contributed by atoms with Gasteiger partial charge in [-0.15, -0.1) is 0 Å². The highest BCUT2D eigenvalue weighted by atomic mass is 32.2. The summed E-state index contributed by atoms with van der Waals surface area (Å²) in [7, 11) is 0. The fourth-order valence-electron chi connectivity index (χ4n) is 1.53. The van der Waals surface area contributed by atoms with Crippen molar-refractivity contribution in [2.45, 2.75) is 11.9 Å². The second kappa shape index (κ2) is 6.47. The molecule has 2 rings (SSSR count). The van der Waals surface area contributed by atoms with Gasteiger partial charge in [0.15, 0.2) is 0 Å². The smallest absolute Gasteiger partial charge is 0.416 e. The molecule has 2 aromatic rings. The Morgan fingerprint density at radius 2 is 1.85 bits per heavy atom. The SMILES string of the molecule is [O-][S+](/C=C/c1ccsc1)Cc1ccc(C(F)(F)F)cc1. The van der Waals surface area contributed by atoms with Crippen LogP contribution in [0, 0.1) is 0 Å². The zero-order valence-electron chi connectivity index (χ0n) is 10.3. The molecule has 1 unspecified atom stereocenters. The number of hydrogen-bond donors (Lipinski definition) is 0. The van der Waals surface area contributed by atoms with E-state index in [1.165, 1.54) is 12.1 Å². The molecule has 106 valence electrons. The Kier molecular flexibility index (Phi) is 4.91. The van der Waals surface area contributed by atoms with Gasteiger partial charge in [0.1, 0.15) is 11.2 Å². The van der Waals surface area contributed by atoms with E-state index in [-0.39, 0.29) is 5.75 Å². The minimum Gasteiger partial charge on any atom is -0.612 e. The highest BCUT2D eigenvalue weighted by Gasteiger charge is 2.30. The van der Waals surface area contributed by atoms with Gasteiger partial charge in [0.2, 0.25) is 0 Å². The molecule has 0 N–H and O–H groups in total. The lowest BCUT2D eigenvalue weighted by molar-refractivity contribution is -0.137. The van der Waals surface area contributed by atoms with E-state index < -0.39 is 22.9 Å². The summed E-state index contributed by atoms with van der Waals surface area (Å²) in [5.41, 5.74) is 0.892. The zero-order valence-corrected chi connectivity index (χ0v) is 11.9. The summed E-state index contributed by atoms with van der Waals surface area (Å²) in [6.07, 6.45) is -2.59. The Hall–Kier alpha value is -1.24. The first kappa shape index (κ1) is 15.2. The fourth-order valence-corrected chi connectivity index (χ4v) is 3.08. The van der Waals surface area contributed by atoms with E-state index in [0.29, 0.717) is 5.56 Å². The maximum Gasteiger partial charge on any atom is 0.416 e. The molecule has 1 aromatic carbocycles. The molecule has 0 saturated carbocycles. The molecule has 1 heterocycles. The van der Waals surface area contributed by atoms with Gasteiger partial charge >= 0.3 is 6.18 Å². The predicted octanol–water partition coefficient (Wildman–Crippen LogP) is 4.69. The molecule has 0 amide bonds. The molecule has 1 atom stereocenters. The van der Waals surface area contributed by atoms with Gasteiger partial charge in [-0.2, -0.15) is 24.5 Å². The molecule has 1 aromatic heterocycles. The van der Waals surface area contributed by atoms with Gasteiger partial charge < -0.3 is 4.55 Å². The van der Waals surface area contributed by atoms with Gasteiger partial charge in [-0.05, 0) is 51.8 Å². The number of halogens is 3. The van der Waals surface area contributed by atoms with E-state index in [2.05, 4.69) is 0 Å². The van der Waals surface area contributed by atoms with Crippen LogP contribution in [-0.2, 0) is 23.1 Å². The van der Waals surface area contributed by atoms with Gasteiger partial charge in [0.25, 0.3) is 0 Å². The molecule has 6 heteroatoms. The lowest BCUT2D eigenvalue weighted by Crippen LogP contribution is -2.05. The van der Waals surface area contributed by atoms with Crippen LogP contribution in [0.4, 0.5) is 13.2 Å². The van der Waals surface area contributed by atoms with E-state index in [0.717, 1.165) is 17.7 Å².